The summed E-state index contributed by atoms with van der Waals surface area (Å²) in [6.45, 7) is 0. The molecular formula is C54H38N2Si. The van der Waals surface area contributed by atoms with Crippen LogP contribution in [-0.4, -0.2) is 17.2 Å². The summed E-state index contributed by atoms with van der Waals surface area (Å²) in [5, 5.41) is 10.5. The predicted octanol–water partition coefficient (Wildman–Crippen LogP) is 10.9. The summed E-state index contributed by atoms with van der Waals surface area (Å²) < 4.78 is 5.00. The van der Waals surface area contributed by atoms with E-state index in [1.165, 1.54) is 75.5 Å². The number of para-hydroxylation sites is 4. The smallest absolute Gasteiger partial charge is 0.179 e. The van der Waals surface area contributed by atoms with Gasteiger partial charge in [0.2, 0.25) is 0 Å². The zero-order valence-corrected chi connectivity index (χ0v) is 32.3. The van der Waals surface area contributed by atoms with Crippen molar-refractivity contribution in [3.63, 3.8) is 0 Å². The van der Waals surface area contributed by atoms with Crippen LogP contribution in [0.4, 0.5) is 0 Å². The molecule has 0 aliphatic carbocycles. The fourth-order valence-corrected chi connectivity index (χ4v) is 14.3. The summed E-state index contributed by atoms with van der Waals surface area (Å²) in [4.78, 5) is 0. The van der Waals surface area contributed by atoms with Gasteiger partial charge in [0.1, 0.15) is 0 Å². The van der Waals surface area contributed by atoms with Crippen LogP contribution in [0.5, 0.6) is 0 Å². The van der Waals surface area contributed by atoms with E-state index in [-0.39, 0.29) is 0 Å². The summed E-state index contributed by atoms with van der Waals surface area (Å²) in [5.41, 5.74) is 9.48. The minimum Gasteiger partial charge on any atom is -0.307 e. The number of rotatable bonds is 7. The molecule has 0 saturated carbocycles. The number of benzene rings is 9. The molecule has 0 bridgehead atoms. The third-order valence-corrected chi connectivity index (χ3v) is 16.6. The molecule has 57 heavy (non-hydrogen) atoms. The summed E-state index contributed by atoms with van der Waals surface area (Å²) in [7, 11) is -2.75. The maximum absolute atomic E-state index is 2.75. The lowest BCUT2D eigenvalue weighted by Gasteiger charge is -2.34. The Balaban J connectivity index is 1.24. The SMILES string of the molecule is c1ccc(-c2ccccc2-n2c3ccccc3c3cccc(-n4c5ccccc5c5cc([Si](c6ccccc6)(c6ccccc6)c6ccccc6)ccc54)c32)cc1. The zero-order chi connectivity index (χ0) is 37.8. The second kappa shape index (κ2) is 13.5. The van der Waals surface area contributed by atoms with E-state index in [4.69, 9.17) is 0 Å². The van der Waals surface area contributed by atoms with E-state index in [1.54, 1.807) is 0 Å². The summed E-state index contributed by atoms with van der Waals surface area (Å²) >= 11 is 0. The van der Waals surface area contributed by atoms with Gasteiger partial charge in [0.15, 0.2) is 8.07 Å². The maximum Gasteiger partial charge on any atom is 0.179 e. The molecule has 0 spiro atoms. The van der Waals surface area contributed by atoms with Gasteiger partial charge >= 0.3 is 0 Å². The number of hydrogen-bond acceptors (Lipinski definition) is 0. The lowest BCUT2D eigenvalue weighted by Crippen LogP contribution is -2.74. The first kappa shape index (κ1) is 33.2. The van der Waals surface area contributed by atoms with Crippen LogP contribution >= 0.6 is 0 Å². The second-order valence-electron chi connectivity index (χ2n) is 14.8. The maximum atomic E-state index is 2.52. The molecule has 0 aliphatic heterocycles. The quantitative estimate of drug-likeness (QED) is 0.114. The molecule has 0 unspecified atom stereocenters. The molecule has 0 N–H and O–H groups in total. The first-order chi connectivity index (χ1) is 28.3. The molecule has 0 radical (unpaired) electrons. The van der Waals surface area contributed by atoms with Crippen molar-refractivity contribution in [3.05, 3.63) is 231 Å². The van der Waals surface area contributed by atoms with E-state index in [2.05, 4.69) is 240 Å². The average molecular weight is 743 g/mol. The molecule has 0 fully saturated rings. The molecule has 0 saturated heterocycles. The van der Waals surface area contributed by atoms with E-state index in [1.807, 2.05) is 0 Å². The van der Waals surface area contributed by atoms with E-state index >= 15 is 0 Å². The largest absolute Gasteiger partial charge is 0.307 e. The van der Waals surface area contributed by atoms with Gasteiger partial charge < -0.3 is 9.13 Å². The molecule has 2 aromatic heterocycles. The molecule has 2 heterocycles. The van der Waals surface area contributed by atoms with Crippen molar-refractivity contribution >= 4 is 72.4 Å². The Bertz CT molecular complexity index is 3120. The highest BCUT2D eigenvalue weighted by molar-refractivity contribution is 7.20. The van der Waals surface area contributed by atoms with E-state index in [0.29, 0.717) is 0 Å². The van der Waals surface area contributed by atoms with Crippen LogP contribution in [0.1, 0.15) is 0 Å². The average Bonchev–Trinajstić information content (AvgIpc) is 3.81. The molecule has 11 aromatic rings. The summed E-state index contributed by atoms with van der Waals surface area (Å²) in [6.07, 6.45) is 0. The molecule has 0 atom stereocenters. The molecule has 2 nitrogen and oxygen atoms in total. The van der Waals surface area contributed by atoms with Crippen LogP contribution in [0.3, 0.4) is 0 Å². The van der Waals surface area contributed by atoms with Gasteiger partial charge in [-0.3, -0.25) is 0 Å². The van der Waals surface area contributed by atoms with Crippen LogP contribution in [0, 0.1) is 0 Å². The topological polar surface area (TPSA) is 9.86 Å². The molecule has 0 aliphatic rings. The molecule has 268 valence electrons. The monoisotopic (exact) mass is 742 g/mol. The van der Waals surface area contributed by atoms with Gasteiger partial charge in [0.05, 0.1) is 33.4 Å². The highest BCUT2D eigenvalue weighted by Gasteiger charge is 2.41. The number of fused-ring (bicyclic) bond motifs is 6. The van der Waals surface area contributed by atoms with Gasteiger partial charge in [0.25, 0.3) is 0 Å². The Morgan fingerprint density at radius 3 is 1.37 bits per heavy atom. The van der Waals surface area contributed by atoms with Crippen LogP contribution < -0.4 is 20.7 Å². The van der Waals surface area contributed by atoms with Crippen molar-refractivity contribution in [2.24, 2.45) is 0 Å². The van der Waals surface area contributed by atoms with Crippen LogP contribution in [-0.2, 0) is 0 Å². The highest BCUT2D eigenvalue weighted by atomic mass is 28.3. The minimum absolute atomic E-state index is 1.16. The van der Waals surface area contributed by atoms with Crippen LogP contribution in [0.2, 0.25) is 0 Å². The van der Waals surface area contributed by atoms with Gasteiger partial charge in [-0.05, 0) is 56.6 Å². The van der Waals surface area contributed by atoms with Crippen molar-refractivity contribution in [3.8, 4) is 22.5 Å². The van der Waals surface area contributed by atoms with Crippen molar-refractivity contribution in [1.82, 2.24) is 9.13 Å². The second-order valence-corrected chi connectivity index (χ2v) is 18.7. The minimum atomic E-state index is -2.75. The van der Waals surface area contributed by atoms with Crippen molar-refractivity contribution < 1.29 is 0 Å². The fourth-order valence-electron chi connectivity index (χ4n) is 9.49. The standard InChI is InChI=1S/C54H38N2Si/c1-5-20-39(21-6-1)44-28-13-16-32-49(44)56-51-34-18-14-29-45(51)47-31-19-35-53(54(47)56)55-50-33-17-15-30-46(50)48-38-43(36-37-52(48)55)57(40-22-7-2-8-23-40,41-24-9-3-10-25-41)42-26-11-4-12-27-42/h1-38H. The fraction of sp³-hybridized carbons (Fsp3) is 0. The Morgan fingerprint density at radius 2 is 0.737 bits per heavy atom. The van der Waals surface area contributed by atoms with E-state index in [0.717, 1.165) is 11.4 Å². The van der Waals surface area contributed by atoms with Crippen molar-refractivity contribution in [1.29, 1.82) is 0 Å². The van der Waals surface area contributed by atoms with Crippen molar-refractivity contribution in [2.75, 3.05) is 0 Å². The third kappa shape index (κ3) is 5.10. The molecular weight excluding hydrogens is 705 g/mol. The van der Waals surface area contributed by atoms with Crippen LogP contribution in [0.15, 0.2) is 231 Å². The van der Waals surface area contributed by atoms with Crippen molar-refractivity contribution in [2.45, 2.75) is 0 Å². The first-order valence-electron chi connectivity index (χ1n) is 19.7. The zero-order valence-electron chi connectivity index (χ0n) is 31.3. The van der Waals surface area contributed by atoms with E-state index < -0.39 is 8.07 Å². The number of aromatic nitrogens is 2. The summed E-state index contributed by atoms with van der Waals surface area (Å²) in [6, 6.07) is 85.2. The molecule has 11 rings (SSSR count). The Morgan fingerprint density at radius 1 is 0.281 bits per heavy atom. The highest BCUT2D eigenvalue weighted by Crippen LogP contribution is 2.41. The molecule has 3 heteroatoms. The number of nitrogens with zero attached hydrogens (tertiary/aromatic N) is 2. The third-order valence-electron chi connectivity index (χ3n) is 11.9. The van der Waals surface area contributed by atoms with Gasteiger partial charge in [0, 0.05) is 27.1 Å². The van der Waals surface area contributed by atoms with Gasteiger partial charge in [-0.25, -0.2) is 0 Å². The normalized spacial score (nSPS) is 11.9. The van der Waals surface area contributed by atoms with Crippen LogP contribution in [0.25, 0.3) is 66.1 Å². The number of hydrogen-bond donors (Lipinski definition) is 0. The summed E-state index contributed by atoms with van der Waals surface area (Å²) in [5.74, 6) is 0. The lowest BCUT2D eigenvalue weighted by atomic mass is 10.0. The molecule has 9 aromatic carbocycles. The Hall–Kier alpha value is -7.20. The molecule has 0 amide bonds. The first-order valence-corrected chi connectivity index (χ1v) is 21.7. The Labute approximate surface area is 333 Å². The Kier molecular flexibility index (Phi) is 7.87. The van der Waals surface area contributed by atoms with Gasteiger partial charge in [-0.2, -0.15) is 0 Å². The van der Waals surface area contributed by atoms with E-state index in [9.17, 15) is 0 Å². The van der Waals surface area contributed by atoms with Gasteiger partial charge in [-0.1, -0.05) is 200 Å². The predicted molar refractivity (Wildman–Crippen MR) is 244 cm³/mol. The lowest BCUT2D eigenvalue weighted by molar-refractivity contribution is 1.13. The van der Waals surface area contributed by atoms with Gasteiger partial charge in [-0.15, -0.1) is 0 Å².